The maximum atomic E-state index is 10.6. The Hall–Kier alpha value is -1.34. The molecule has 0 N–H and O–H groups in total. The molecule has 1 radical (unpaired) electrons. The molecule has 0 bridgehead atoms. The second-order valence-corrected chi connectivity index (χ2v) is 2.83. The first-order chi connectivity index (χ1) is 5.90. The maximum absolute atomic E-state index is 10.6. The number of hydrogen-bond acceptors (Lipinski definition) is 0. The third kappa shape index (κ3) is 1.19. The summed E-state index contributed by atoms with van der Waals surface area (Å²) >= 11 is 0. The SMILES string of the molecule is [O]Cc1cc2cccccc-2c1. The molecular formula is C11H9O. The van der Waals surface area contributed by atoms with Crippen LogP contribution in [0.5, 0.6) is 0 Å². The molecule has 0 atom stereocenters. The van der Waals surface area contributed by atoms with Crippen molar-refractivity contribution >= 4 is 0 Å². The van der Waals surface area contributed by atoms with E-state index in [1.807, 2.05) is 42.5 Å². The lowest BCUT2D eigenvalue weighted by atomic mass is 10.2. The first-order valence-corrected chi connectivity index (χ1v) is 3.96. The zero-order valence-electron chi connectivity index (χ0n) is 6.66. The fourth-order valence-corrected chi connectivity index (χ4v) is 1.36. The summed E-state index contributed by atoms with van der Waals surface area (Å²) in [5.74, 6) is 0. The van der Waals surface area contributed by atoms with Crippen LogP contribution >= 0.6 is 0 Å². The van der Waals surface area contributed by atoms with Gasteiger partial charge in [0.1, 0.15) is 6.61 Å². The summed E-state index contributed by atoms with van der Waals surface area (Å²) in [6.07, 6.45) is 0. The predicted molar refractivity (Wildman–Crippen MR) is 47.5 cm³/mol. The van der Waals surface area contributed by atoms with Crippen LogP contribution in [-0.2, 0) is 11.7 Å². The molecule has 0 unspecified atom stereocenters. The Labute approximate surface area is 71.6 Å². The van der Waals surface area contributed by atoms with Crippen LogP contribution in [-0.4, -0.2) is 0 Å². The van der Waals surface area contributed by atoms with Crippen molar-refractivity contribution in [3.8, 4) is 11.1 Å². The zero-order valence-corrected chi connectivity index (χ0v) is 6.66. The first kappa shape index (κ1) is 7.32. The number of fused-ring (bicyclic) bond motifs is 1. The minimum atomic E-state index is -0.127. The van der Waals surface area contributed by atoms with Crippen LogP contribution < -0.4 is 0 Å². The monoisotopic (exact) mass is 157 g/mol. The molecular weight excluding hydrogens is 148 g/mol. The summed E-state index contributed by atoms with van der Waals surface area (Å²) in [6.45, 7) is -0.127. The molecule has 1 nitrogen and oxygen atoms in total. The van der Waals surface area contributed by atoms with Crippen LogP contribution in [0.1, 0.15) is 5.56 Å². The molecule has 2 rings (SSSR count). The molecule has 2 aliphatic carbocycles. The lowest BCUT2D eigenvalue weighted by molar-refractivity contribution is 0.178. The van der Waals surface area contributed by atoms with Gasteiger partial charge in [0, 0.05) is 0 Å². The summed E-state index contributed by atoms with van der Waals surface area (Å²) < 4.78 is 0. The summed E-state index contributed by atoms with van der Waals surface area (Å²) in [5.41, 5.74) is 3.16. The second kappa shape index (κ2) is 2.95. The van der Waals surface area contributed by atoms with E-state index in [4.69, 9.17) is 0 Å². The van der Waals surface area contributed by atoms with Crippen molar-refractivity contribution in [2.45, 2.75) is 6.61 Å². The van der Waals surface area contributed by atoms with Gasteiger partial charge in [0.05, 0.1) is 0 Å². The molecule has 0 amide bonds. The molecule has 59 valence electrons. The minimum absolute atomic E-state index is 0.127. The fourth-order valence-electron chi connectivity index (χ4n) is 1.36. The van der Waals surface area contributed by atoms with E-state index in [9.17, 15) is 5.11 Å². The van der Waals surface area contributed by atoms with Crippen molar-refractivity contribution in [2.75, 3.05) is 0 Å². The van der Waals surface area contributed by atoms with Gasteiger partial charge in [0.2, 0.25) is 0 Å². The lowest BCUT2D eigenvalue weighted by Gasteiger charge is -1.85. The van der Waals surface area contributed by atoms with E-state index in [1.165, 1.54) is 0 Å². The lowest BCUT2D eigenvalue weighted by Crippen LogP contribution is -1.70. The molecule has 0 aliphatic heterocycles. The van der Waals surface area contributed by atoms with Gasteiger partial charge in [0.25, 0.3) is 0 Å². The van der Waals surface area contributed by atoms with Gasteiger partial charge in [-0.1, -0.05) is 30.3 Å². The molecule has 0 saturated carbocycles. The second-order valence-electron chi connectivity index (χ2n) is 2.83. The van der Waals surface area contributed by atoms with Gasteiger partial charge in [-0.3, -0.25) is 0 Å². The molecule has 2 aliphatic rings. The Morgan fingerprint density at radius 3 is 2.00 bits per heavy atom. The van der Waals surface area contributed by atoms with E-state index >= 15 is 0 Å². The standard InChI is InChI=1S/C11H9O/c12-8-9-6-10-4-2-1-3-5-11(10)7-9/h1-7H,8H2. The molecule has 0 aromatic rings. The van der Waals surface area contributed by atoms with E-state index in [1.54, 1.807) is 0 Å². The summed E-state index contributed by atoms with van der Waals surface area (Å²) in [6, 6.07) is 13.9. The van der Waals surface area contributed by atoms with Gasteiger partial charge >= 0.3 is 0 Å². The third-order valence-corrected chi connectivity index (χ3v) is 1.96. The van der Waals surface area contributed by atoms with E-state index < -0.39 is 0 Å². The average Bonchev–Trinajstić information content (AvgIpc) is 2.37. The van der Waals surface area contributed by atoms with E-state index in [0.717, 1.165) is 16.7 Å². The quantitative estimate of drug-likeness (QED) is 0.606. The Morgan fingerprint density at radius 2 is 1.50 bits per heavy atom. The fraction of sp³-hybridized carbons (Fsp3) is 0.0909. The molecule has 1 heteroatoms. The number of hydrogen-bond donors (Lipinski definition) is 0. The summed E-state index contributed by atoms with van der Waals surface area (Å²) in [4.78, 5) is 0. The van der Waals surface area contributed by atoms with Gasteiger partial charge in [-0.15, -0.1) is 0 Å². The predicted octanol–water partition coefficient (Wildman–Crippen LogP) is 2.72. The third-order valence-electron chi connectivity index (χ3n) is 1.96. The van der Waals surface area contributed by atoms with E-state index in [2.05, 4.69) is 0 Å². The maximum Gasteiger partial charge on any atom is 0.107 e. The van der Waals surface area contributed by atoms with E-state index in [0.29, 0.717) is 0 Å². The van der Waals surface area contributed by atoms with Crippen LogP contribution in [0.2, 0.25) is 0 Å². The molecule has 0 fully saturated rings. The van der Waals surface area contributed by atoms with E-state index in [-0.39, 0.29) is 6.61 Å². The van der Waals surface area contributed by atoms with Crippen LogP contribution in [0.4, 0.5) is 0 Å². The van der Waals surface area contributed by atoms with Gasteiger partial charge in [-0.05, 0) is 28.8 Å². The van der Waals surface area contributed by atoms with Crippen molar-refractivity contribution in [2.24, 2.45) is 0 Å². The van der Waals surface area contributed by atoms with Crippen LogP contribution in [0.25, 0.3) is 11.1 Å². The molecule has 12 heavy (non-hydrogen) atoms. The molecule has 0 heterocycles. The average molecular weight is 157 g/mol. The zero-order chi connectivity index (χ0) is 8.39. The highest BCUT2D eigenvalue weighted by Gasteiger charge is 2.02. The Morgan fingerprint density at radius 1 is 0.917 bits per heavy atom. The van der Waals surface area contributed by atoms with Crippen LogP contribution in [0.3, 0.4) is 0 Å². The van der Waals surface area contributed by atoms with Gasteiger partial charge in [-0.25, -0.2) is 5.11 Å². The highest BCUT2D eigenvalue weighted by atomic mass is 16.3. The number of rotatable bonds is 1. The summed E-state index contributed by atoms with van der Waals surface area (Å²) in [5, 5.41) is 10.6. The van der Waals surface area contributed by atoms with Crippen molar-refractivity contribution in [3.05, 3.63) is 48.0 Å². The Kier molecular flexibility index (Phi) is 1.80. The van der Waals surface area contributed by atoms with Crippen LogP contribution in [0.15, 0.2) is 42.5 Å². The molecule has 0 aromatic heterocycles. The molecule has 0 aromatic carbocycles. The topological polar surface area (TPSA) is 19.9 Å². The Balaban J connectivity index is 2.61. The van der Waals surface area contributed by atoms with Gasteiger partial charge < -0.3 is 0 Å². The highest BCUT2D eigenvalue weighted by molar-refractivity contribution is 5.67. The molecule has 0 saturated heterocycles. The highest BCUT2D eigenvalue weighted by Crippen LogP contribution is 2.24. The van der Waals surface area contributed by atoms with Crippen molar-refractivity contribution < 1.29 is 5.11 Å². The van der Waals surface area contributed by atoms with Gasteiger partial charge in [-0.2, -0.15) is 0 Å². The Bertz CT molecular complexity index is 323. The largest absolute Gasteiger partial charge is 0.232 e. The first-order valence-electron chi connectivity index (χ1n) is 3.96. The van der Waals surface area contributed by atoms with Crippen molar-refractivity contribution in [1.29, 1.82) is 0 Å². The molecule has 0 spiro atoms. The van der Waals surface area contributed by atoms with Crippen molar-refractivity contribution in [3.63, 3.8) is 0 Å². The minimum Gasteiger partial charge on any atom is -0.232 e. The normalized spacial score (nSPS) is 10.4. The summed E-state index contributed by atoms with van der Waals surface area (Å²) in [7, 11) is 0. The van der Waals surface area contributed by atoms with Crippen molar-refractivity contribution in [1.82, 2.24) is 0 Å². The smallest absolute Gasteiger partial charge is 0.107 e. The van der Waals surface area contributed by atoms with Crippen LogP contribution in [0, 0.1) is 0 Å². The van der Waals surface area contributed by atoms with Gasteiger partial charge in [0.15, 0.2) is 0 Å².